The van der Waals surface area contributed by atoms with Crippen molar-refractivity contribution in [3.05, 3.63) is 69.0 Å². The van der Waals surface area contributed by atoms with E-state index in [1.54, 1.807) is 17.9 Å². The van der Waals surface area contributed by atoms with Crippen molar-refractivity contribution in [2.75, 3.05) is 5.32 Å². The number of aryl methyl sites for hydroxylation is 2. The summed E-state index contributed by atoms with van der Waals surface area (Å²) in [4.78, 5) is 26.0. The fourth-order valence-corrected chi connectivity index (χ4v) is 6.51. The van der Waals surface area contributed by atoms with Crippen molar-refractivity contribution in [2.45, 2.75) is 38.2 Å². The lowest BCUT2D eigenvalue weighted by atomic mass is 10.1. The van der Waals surface area contributed by atoms with Crippen LogP contribution in [0.3, 0.4) is 0 Å². The van der Waals surface area contributed by atoms with Crippen molar-refractivity contribution in [3.63, 3.8) is 0 Å². The van der Waals surface area contributed by atoms with E-state index in [-0.39, 0.29) is 0 Å². The first kappa shape index (κ1) is 23.1. The number of thiophene rings is 2. The Morgan fingerprint density at radius 3 is 2.63 bits per heavy atom. The molecule has 0 aliphatic heterocycles. The molecule has 1 aliphatic carbocycles. The largest absolute Gasteiger partial charge is 0.481 e. The standard InChI is InChI=1S/C26H23N3O4S2/c1-15-6-4-5-7-19(15)16(2)33-25(32)28-23-17(14-27-29(23)3)8-9-18-12-20-21(34-18)13-22(35-20)26(10-11-26)24(30)31/h4-7,12-14,16H,10-11H2,1-3H3,(H,28,32)(H,30,31). The average Bonchev–Trinajstić information content (AvgIpc) is 3.25. The van der Waals surface area contributed by atoms with Crippen molar-refractivity contribution in [1.29, 1.82) is 0 Å². The number of aliphatic carboxylic acids is 1. The predicted molar refractivity (Wildman–Crippen MR) is 137 cm³/mol. The molecule has 35 heavy (non-hydrogen) atoms. The smallest absolute Gasteiger partial charge is 0.413 e. The van der Waals surface area contributed by atoms with Gasteiger partial charge in [-0.15, -0.1) is 22.7 Å². The Kier molecular flexibility index (Phi) is 5.87. The Hall–Kier alpha value is -3.61. The van der Waals surface area contributed by atoms with Gasteiger partial charge in [0.2, 0.25) is 0 Å². The topological polar surface area (TPSA) is 93.4 Å². The second-order valence-corrected chi connectivity index (χ2v) is 10.8. The van der Waals surface area contributed by atoms with Gasteiger partial charge in [-0.3, -0.25) is 14.8 Å². The van der Waals surface area contributed by atoms with Gasteiger partial charge in [0.05, 0.1) is 16.6 Å². The van der Waals surface area contributed by atoms with Gasteiger partial charge in [0.15, 0.2) is 0 Å². The van der Waals surface area contributed by atoms with E-state index in [4.69, 9.17) is 4.74 Å². The van der Waals surface area contributed by atoms with Crippen LogP contribution in [-0.4, -0.2) is 26.9 Å². The summed E-state index contributed by atoms with van der Waals surface area (Å²) >= 11 is 3.06. The number of aromatic nitrogens is 2. The molecule has 1 amide bonds. The molecule has 1 fully saturated rings. The van der Waals surface area contributed by atoms with Crippen LogP contribution < -0.4 is 5.32 Å². The monoisotopic (exact) mass is 505 g/mol. The van der Waals surface area contributed by atoms with Gasteiger partial charge >= 0.3 is 12.1 Å². The van der Waals surface area contributed by atoms with Gasteiger partial charge in [0.25, 0.3) is 0 Å². The van der Waals surface area contributed by atoms with E-state index in [1.807, 2.05) is 50.2 Å². The van der Waals surface area contributed by atoms with Gasteiger partial charge in [0, 0.05) is 21.3 Å². The molecule has 2 N–H and O–H groups in total. The van der Waals surface area contributed by atoms with Gasteiger partial charge in [0.1, 0.15) is 17.3 Å². The van der Waals surface area contributed by atoms with Crippen LogP contribution in [0.15, 0.2) is 42.6 Å². The van der Waals surface area contributed by atoms with E-state index < -0.39 is 23.6 Å². The summed E-state index contributed by atoms with van der Waals surface area (Å²) in [6.07, 6.45) is 2.02. The summed E-state index contributed by atoms with van der Waals surface area (Å²) in [5.41, 5.74) is 1.90. The number of carboxylic acids is 1. The maximum absolute atomic E-state index is 12.6. The number of nitrogens with one attached hydrogen (secondary N) is 1. The molecule has 0 saturated heterocycles. The van der Waals surface area contributed by atoms with Crippen molar-refractivity contribution < 1.29 is 19.4 Å². The van der Waals surface area contributed by atoms with Crippen LogP contribution >= 0.6 is 22.7 Å². The van der Waals surface area contributed by atoms with Crippen LogP contribution in [0, 0.1) is 18.8 Å². The minimum Gasteiger partial charge on any atom is -0.481 e. The fourth-order valence-electron chi connectivity index (χ4n) is 4.02. The summed E-state index contributed by atoms with van der Waals surface area (Å²) < 4.78 is 9.20. The zero-order valence-electron chi connectivity index (χ0n) is 19.4. The molecule has 7 nitrogen and oxygen atoms in total. The zero-order valence-corrected chi connectivity index (χ0v) is 21.0. The number of rotatable bonds is 5. The quantitative estimate of drug-likeness (QED) is 0.333. The third kappa shape index (κ3) is 4.43. The number of carbonyl (C=O) groups excluding carboxylic acids is 1. The molecule has 3 aromatic heterocycles. The third-order valence-corrected chi connectivity index (χ3v) is 8.64. The first-order valence-electron chi connectivity index (χ1n) is 11.1. The fraction of sp³-hybridized carbons (Fsp3) is 0.269. The van der Waals surface area contributed by atoms with Gasteiger partial charge < -0.3 is 9.84 Å². The minimum absolute atomic E-state index is 0.404. The molecule has 3 heterocycles. The molecule has 0 radical (unpaired) electrons. The number of nitrogens with zero attached hydrogens (tertiary/aromatic N) is 2. The molecule has 5 rings (SSSR count). The predicted octanol–water partition coefficient (Wildman–Crippen LogP) is 5.83. The van der Waals surface area contributed by atoms with Crippen molar-refractivity contribution in [1.82, 2.24) is 9.78 Å². The Balaban J connectivity index is 1.30. The number of carbonyl (C=O) groups is 2. The number of hydrogen-bond acceptors (Lipinski definition) is 6. The van der Waals surface area contributed by atoms with E-state index in [1.165, 1.54) is 22.7 Å². The van der Waals surface area contributed by atoms with Crippen LogP contribution in [0.2, 0.25) is 0 Å². The number of benzene rings is 1. The van der Waals surface area contributed by atoms with Crippen molar-refractivity contribution in [2.24, 2.45) is 7.05 Å². The molecule has 178 valence electrons. The van der Waals surface area contributed by atoms with E-state index >= 15 is 0 Å². The van der Waals surface area contributed by atoms with Crippen molar-refractivity contribution >= 4 is 50.0 Å². The number of amides is 1. The second kappa shape index (κ2) is 8.87. The van der Waals surface area contributed by atoms with E-state index in [2.05, 4.69) is 22.3 Å². The van der Waals surface area contributed by atoms with Crippen LogP contribution in [-0.2, 0) is 22.0 Å². The minimum atomic E-state index is -0.741. The van der Waals surface area contributed by atoms with Crippen LogP contribution in [0.5, 0.6) is 0 Å². The Morgan fingerprint density at radius 1 is 1.20 bits per heavy atom. The molecule has 1 aliphatic rings. The number of anilines is 1. The molecule has 1 saturated carbocycles. The first-order chi connectivity index (χ1) is 16.8. The lowest BCUT2D eigenvalue weighted by molar-refractivity contribution is -0.139. The Bertz CT molecular complexity index is 1480. The lowest BCUT2D eigenvalue weighted by Crippen LogP contribution is -2.18. The molecule has 1 aromatic carbocycles. The van der Waals surface area contributed by atoms with Crippen LogP contribution in [0.1, 0.15) is 52.3 Å². The van der Waals surface area contributed by atoms with Crippen LogP contribution in [0.25, 0.3) is 9.40 Å². The van der Waals surface area contributed by atoms with Gasteiger partial charge in [-0.05, 0) is 49.9 Å². The summed E-state index contributed by atoms with van der Waals surface area (Å²) in [5, 5.41) is 16.5. The van der Waals surface area contributed by atoms with Gasteiger partial charge in [-0.2, -0.15) is 5.10 Å². The molecular weight excluding hydrogens is 482 g/mol. The molecule has 0 spiro atoms. The number of fused-ring (bicyclic) bond motifs is 1. The number of carboxylic acid groups (broad SMARTS) is 1. The first-order valence-corrected chi connectivity index (χ1v) is 12.7. The lowest BCUT2D eigenvalue weighted by Gasteiger charge is -2.16. The zero-order chi connectivity index (χ0) is 24.7. The maximum atomic E-state index is 12.6. The molecule has 9 heteroatoms. The summed E-state index contributed by atoms with van der Waals surface area (Å²) in [6, 6.07) is 11.8. The van der Waals surface area contributed by atoms with Gasteiger partial charge in [-0.25, -0.2) is 4.79 Å². The third-order valence-electron chi connectivity index (χ3n) is 6.23. The summed E-state index contributed by atoms with van der Waals surface area (Å²) in [7, 11) is 1.73. The van der Waals surface area contributed by atoms with Crippen LogP contribution in [0.4, 0.5) is 10.6 Å². The molecule has 1 unspecified atom stereocenters. The van der Waals surface area contributed by atoms with Gasteiger partial charge in [-0.1, -0.05) is 36.1 Å². The molecule has 0 bridgehead atoms. The maximum Gasteiger partial charge on any atom is 0.413 e. The highest BCUT2D eigenvalue weighted by Crippen LogP contribution is 2.52. The van der Waals surface area contributed by atoms with Crippen molar-refractivity contribution in [3.8, 4) is 11.8 Å². The number of hydrogen-bond donors (Lipinski definition) is 2. The Labute approximate surface area is 210 Å². The Morgan fingerprint density at radius 2 is 1.94 bits per heavy atom. The summed E-state index contributed by atoms with van der Waals surface area (Å²) in [6.45, 7) is 3.81. The highest BCUT2D eigenvalue weighted by molar-refractivity contribution is 7.28. The van der Waals surface area contributed by atoms with E-state index in [9.17, 15) is 14.7 Å². The second-order valence-electron chi connectivity index (χ2n) is 8.65. The molecular formula is C26H23N3O4S2. The SMILES string of the molecule is Cc1ccccc1C(C)OC(=O)Nc1c(C#Cc2cc3sc(C4(C(=O)O)CC4)cc3s2)cnn1C. The number of ether oxygens (including phenoxy) is 1. The van der Waals surface area contributed by atoms with E-state index in [0.29, 0.717) is 24.2 Å². The summed E-state index contributed by atoms with van der Waals surface area (Å²) in [5.74, 6) is 5.96. The highest BCUT2D eigenvalue weighted by atomic mass is 32.1. The molecule has 1 atom stereocenters. The van der Waals surface area contributed by atoms with E-state index in [0.717, 1.165) is 30.3 Å². The molecule has 4 aromatic rings. The highest BCUT2D eigenvalue weighted by Gasteiger charge is 2.53. The normalized spacial score (nSPS) is 14.7. The average molecular weight is 506 g/mol.